The van der Waals surface area contributed by atoms with E-state index in [9.17, 15) is 0 Å². The second kappa shape index (κ2) is 5.16. The summed E-state index contributed by atoms with van der Waals surface area (Å²) in [7, 11) is 0. The summed E-state index contributed by atoms with van der Waals surface area (Å²) in [4.78, 5) is 8.88. The Morgan fingerprint density at radius 3 is 2.85 bits per heavy atom. The molecule has 0 unspecified atom stereocenters. The minimum absolute atomic E-state index is 0.584. The van der Waals surface area contributed by atoms with Crippen LogP contribution in [0.4, 0.5) is 17.5 Å². The SMILES string of the molecule is CCNc1nc(Nc2ccccc2C)c2cn[nH]c2n1. The van der Waals surface area contributed by atoms with Gasteiger partial charge in [0.15, 0.2) is 5.65 Å². The summed E-state index contributed by atoms with van der Waals surface area (Å²) < 4.78 is 0. The number of aryl methyl sites for hydroxylation is 1. The van der Waals surface area contributed by atoms with Gasteiger partial charge in [0.1, 0.15) is 5.82 Å². The van der Waals surface area contributed by atoms with Gasteiger partial charge in [-0.1, -0.05) is 18.2 Å². The molecular formula is C14H16N6. The molecule has 0 saturated heterocycles. The van der Waals surface area contributed by atoms with Crippen molar-refractivity contribution in [1.82, 2.24) is 20.2 Å². The second-order valence-corrected chi connectivity index (χ2v) is 4.50. The molecular weight excluding hydrogens is 252 g/mol. The number of fused-ring (bicyclic) bond motifs is 1. The summed E-state index contributed by atoms with van der Waals surface area (Å²) in [5.74, 6) is 1.33. The molecule has 0 bridgehead atoms. The molecule has 0 aliphatic heterocycles. The summed E-state index contributed by atoms with van der Waals surface area (Å²) in [5, 5.41) is 14.2. The molecule has 0 aliphatic carbocycles. The summed E-state index contributed by atoms with van der Waals surface area (Å²) in [6, 6.07) is 8.09. The van der Waals surface area contributed by atoms with Crippen molar-refractivity contribution in [2.45, 2.75) is 13.8 Å². The number of para-hydroxylation sites is 1. The standard InChI is InChI=1S/C14H16N6/c1-3-15-14-18-12(10-8-16-20-13(10)19-14)17-11-7-5-4-6-9(11)2/h4-8H,3H2,1-2H3,(H3,15,16,17,18,19,20). The quantitative estimate of drug-likeness (QED) is 0.678. The number of aromatic nitrogens is 4. The minimum Gasteiger partial charge on any atom is -0.354 e. The van der Waals surface area contributed by atoms with Gasteiger partial charge in [-0.05, 0) is 25.5 Å². The lowest BCUT2D eigenvalue weighted by Gasteiger charge is -2.10. The third kappa shape index (κ3) is 2.27. The number of nitrogens with one attached hydrogen (secondary N) is 3. The summed E-state index contributed by atoms with van der Waals surface area (Å²) in [6.45, 7) is 4.83. The first-order valence-electron chi connectivity index (χ1n) is 6.55. The smallest absolute Gasteiger partial charge is 0.226 e. The Balaban J connectivity index is 2.05. The van der Waals surface area contributed by atoms with Crippen molar-refractivity contribution in [3.05, 3.63) is 36.0 Å². The maximum absolute atomic E-state index is 4.51. The van der Waals surface area contributed by atoms with Crippen LogP contribution in [0.1, 0.15) is 12.5 Å². The number of hydrogen-bond acceptors (Lipinski definition) is 5. The predicted molar refractivity (Wildman–Crippen MR) is 80.3 cm³/mol. The highest BCUT2D eigenvalue weighted by atomic mass is 15.2. The Morgan fingerprint density at radius 1 is 1.20 bits per heavy atom. The summed E-state index contributed by atoms with van der Waals surface area (Å²) >= 11 is 0. The van der Waals surface area contributed by atoms with Crippen LogP contribution in [0.3, 0.4) is 0 Å². The van der Waals surface area contributed by atoms with E-state index in [1.165, 1.54) is 0 Å². The zero-order valence-corrected chi connectivity index (χ0v) is 11.4. The van der Waals surface area contributed by atoms with E-state index in [0.717, 1.165) is 29.0 Å². The Bertz CT molecular complexity index is 733. The molecule has 0 fully saturated rings. The summed E-state index contributed by atoms with van der Waals surface area (Å²) in [5.41, 5.74) is 2.90. The number of aromatic amines is 1. The number of hydrogen-bond donors (Lipinski definition) is 3. The van der Waals surface area contributed by atoms with Crippen LogP contribution in [-0.4, -0.2) is 26.7 Å². The third-order valence-corrected chi connectivity index (χ3v) is 3.04. The van der Waals surface area contributed by atoms with Gasteiger partial charge in [-0.15, -0.1) is 0 Å². The molecule has 20 heavy (non-hydrogen) atoms. The highest BCUT2D eigenvalue weighted by molar-refractivity contribution is 5.89. The van der Waals surface area contributed by atoms with E-state index in [2.05, 4.69) is 43.8 Å². The number of H-pyrrole nitrogens is 1. The first kappa shape index (κ1) is 12.4. The molecule has 0 spiro atoms. The van der Waals surface area contributed by atoms with Crippen LogP contribution in [0, 0.1) is 6.92 Å². The average molecular weight is 268 g/mol. The maximum Gasteiger partial charge on any atom is 0.226 e. The topological polar surface area (TPSA) is 78.5 Å². The Labute approximate surface area is 116 Å². The lowest BCUT2D eigenvalue weighted by Crippen LogP contribution is -2.05. The highest BCUT2D eigenvalue weighted by Crippen LogP contribution is 2.25. The fraction of sp³-hybridized carbons (Fsp3) is 0.214. The molecule has 3 N–H and O–H groups in total. The monoisotopic (exact) mass is 268 g/mol. The van der Waals surface area contributed by atoms with Crippen LogP contribution in [0.5, 0.6) is 0 Å². The molecule has 0 aliphatic rings. The number of rotatable bonds is 4. The molecule has 3 aromatic rings. The minimum atomic E-state index is 0.584. The van der Waals surface area contributed by atoms with E-state index < -0.39 is 0 Å². The largest absolute Gasteiger partial charge is 0.354 e. The van der Waals surface area contributed by atoms with Gasteiger partial charge >= 0.3 is 0 Å². The molecule has 2 aromatic heterocycles. The van der Waals surface area contributed by atoms with E-state index in [0.29, 0.717) is 11.6 Å². The molecule has 0 radical (unpaired) electrons. The van der Waals surface area contributed by atoms with Crippen molar-refractivity contribution in [1.29, 1.82) is 0 Å². The molecule has 0 saturated carbocycles. The van der Waals surface area contributed by atoms with Crippen LogP contribution in [0.15, 0.2) is 30.5 Å². The van der Waals surface area contributed by atoms with Crippen molar-refractivity contribution in [2.75, 3.05) is 17.2 Å². The molecule has 3 rings (SSSR count). The first-order chi connectivity index (χ1) is 9.78. The predicted octanol–water partition coefficient (Wildman–Crippen LogP) is 2.84. The van der Waals surface area contributed by atoms with Gasteiger partial charge in [-0.25, -0.2) is 0 Å². The van der Waals surface area contributed by atoms with Crippen LogP contribution in [0.25, 0.3) is 11.0 Å². The summed E-state index contributed by atoms with van der Waals surface area (Å²) in [6.07, 6.45) is 1.73. The Hall–Kier alpha value is -2.63. The van der Waals surface area contributed by atoms with Gasteiger partial charge in [0.05, 0.1) is 11.6 Å². The lowest BCUT2D eigenvalue weighted by atomic mass is 10.2. The number of anilines is 3. The molecule has 6 nitrogen and oxygen atoms in total. The highest BCUT2D eigenvalue weighted by Gasteiger charge is 2.10. The number of nitrogens with zero attached hydrogens (tertiary/aromatic N) is 3. The van der Waals surface area contributed by atoms with Crippen molar-refractivity contribution in [3.63, 3.8) is 0 Å². The number of benzene rings is 1. The fourth-order valence-electron chi connectivity index (χ4n) is 2.01. The zero-order valence-electron chi connectivity index (χ0n) is 11.4. The Kier molecular flexibility index (Phi) is 3.20. The molecule has 1 aromatic carbocycles. The maximum atomic E-state index is 4.51. The van der Waals surface area contributed by atoms with Gasteiger partial charge in [0.2, 0.25) is 5.95 Å². The van der Waals surface area contributed by atoms with Crippen molar-refractivity contribution >= 4 is 28.5 Å². The van der Waals surface area contributed by atoms with E-state index in [4.69, 9.17) is 0 Å². The van der Waals surface area contributed by atoms with Crippen LogP contribution < -0.4 is 10.6 Å². The first-order valence-corrected chi connectivity index (χ1v) is 6.55. The van der Waals surface area contributed by atoms with Crippen molar-refractivity contribution in [2.24, 2.45) is 0 Å². The zero-order chi connectivity index (χ0) is 13.9. The Morgan fingerprint density at radius 2 is 2.05 bits per heavy atom. The van der Waals surface area contributed by atoms with Crippen LogP contribution in [-0.2, 0) is 0 Å². The van der Waals surface area contributed by atoms with Crippen molar-refractivity contribution < 1.29 is 0 Å². The van der Waals surface area contributed by atoms with Crippen molar-refractivity contribution in [3.8, 4) is 0 Å². The molecule has 102 valence electrons. The van der Waals surface area contributed by atoms with E-state index in [-0.39, 0.29) is 0 Å². The lowest BCUT2D eigenvalue weighted by molar-refractivity contribution is 1.07. The molecule has 0 amide bonds. The van der Waals surface area contributed by atoms with Crippen LogP contribution in [0.2, 0.25) is 0 Å². The van der Waals surface area contributed by atoms with Gasteiger partial charge in [-0.2, -0.15) is 15.1 Å². The average Bonchev–Trinajstić information content (AvgIpc) is 2.90. The van der Waals surface area contributed by atoms with Gasteiger partial charge < -0.3 is 10.6 Å². The second-order valence-electron chi connectivity index (χ2n) is 4.50. The van der Waals surface area contributed by atoms with E-state index in [1.807, 2.05) is 25.1 Å². The normalized spacial score (nSPS) is 10.7. The molecule has 2 heterocycles. The van der Waals surface area contributed by atoms with Gasteiger partial charge in [-0.3, -0.25) is 5.10 Å². The molecule has 0 atom stereocenters. The fourth-order valence-corrected chi connectivity index (χ4v) is 2.01. The van der Waals surface area contributed by atoms with Gasteiger partial charge in [0.25, 0.3) is 0 Å². The van der Waals surface area contributed by atoms with E-state index in [1.54, 1.807) is 6.20 Å². The third-order valence-electron chi connectivity index (χ3n) is 3.04. The van der Waals surface area contributed by atoms with Crippen LogP contribution >= 0.6 is 0 Å². The van der Waals surface area contributed by atoms with E-state index >= 15 is 0 Å². The van der Waals surface area contributed by atoms with Gasteiger partial charge in [0, 0.05) is 12.2 Å². The molecule has 6 heteroatoms.